The van der Waals surface area contributed by atoms with Crippen LogP contribution in [0.4, 0.5) is 0 Å². The molecule has 1 unspecified atom stereocenters. The van der Waals surface area contributed by atoms with E-state index in [1.807, 2.05) is 41.9 Å². The fourth-order valence-electron chi connectivity index (χ4n) is 2.16. The van der Waals surface area contributed by atoms with Crippen LogP contribution in [0.5, 0.6) is 5.75 Å². The molecule has 0 aliphatic heterocycles. The van der Waals surface area contributed by atoms with Gasteiger partial charge in [0.2, 0.25) is 0 Å². The maximum absolute atomic E-state index is 5.71. The van der Waals surface area contributed by atoms with Gasteiger partial charge in [-0.15, -0.1) is 0 Å². The zero-order valence-corrected chi connectivity index (χ0v) is 11.3. The van der Waals surface area contributed by atoms with E-state index in [9.17, 15) is 0 Å². The lowest BCUT2D eigenvalue weighted by Gasteiger charge is -2.18. The van der Waals surface area contributed by atoms with Crippen molar-refractivity contribution in [3.8, 4) is 5.75 Å². The zero-order chi connectivity index (χ0) is 13.7. The molecule has 1 aromatic carbocycles. The van der Waals surface area contributed by atoms with Crippen molar-refractivity contribution in [2.45, 2.75) is 26.4 Å². The van der Waals surface area contributed by atoms with E-state index < -0.39 is 0 Å². The predicted molar refractivity (Wildman–Crippen MR) is 74.7 cm³/mol. The maximum Gasteiger partial charge on any atom is 0.119 e. The fourth-order valence-corrected chi connectivity index (χ4v) is 2.16. The van der Waals surface area contributed by atoms with Crippen LogP contribution in [-0.2, 0) is 6.54 Å². The van der Waals surface area contributed by atoms with Gasteiger partial charge in [-0.3, -0.25) is 10.5 Å². The topological polar surface area (TPSA) is 65.1 Å². The van der Waals surface area contributed by atoms with E-state index in [4.69, 9.17) is 10.6 Å². The molecule has 2 rings (SSSR count). The number of hydrazine groups is 1. The molecule has 19 heavy (non-hydrogen) atoms. The number of benzene rings is 1. The highest BCUT2D eigenvalue weighted by Crippen LogP contribution is 2.24. The third-order valence-electron chi connectivity index (χ3n) is 3.01. The van der Waals surface area contributed by atoms with Gasteiger partial charge in [0, 0.05) is 12.7 Å². The first-order valence-electron chi connectivity index (χ1n) is 6.50. The number of ether oxygens (including phenoxy) is 1. The second-order valence-corrected chi connectivity index (χ2v) is 4.18. The summed E-state index contributed by atoms with van der Waals surface area (Å²) in [5, 5.41) is 4.28. The van der Waals surface area contributed by atoms with Gasteiger partial charge in [-0.05, 0) is 37.6 Å². The number of rotatable bonds is 6. The van der Waals surface area contributed by atoms with Gasteiger partial charge in [-0.25, -0.2) is 5.43 Å². The Labute approximate surface area is 113 Å². The lowest BCUT2D eigenvalue weighted by atomic mass is 10.0. The summed E-state index contributed by atoms with van der Waals surface area (Å²) >= 11 is 0. The van der Waals surface area contributed by atoms with E-state index in [0.29, 0.717) is 6.61 Å². The maximum atomic E-state index is 5.71. The molecule has 0 saturated carbocycles. The Kier molecular flexibility index (Phi) is 4.54. The van der Waals surface area contributed by atoms with Gasteiger partial charge in [0.15, 0.2) is 0 Å². The zero-order valence-electron chi connectivity index (χ0n) is 11.3. The molecule has 0 amide bonds. The van der Waals surface area contributed by atoms with Crippen LogP contribution < -0.4 is 16.0 Å². The van der Waals surface area contributed by atoms with Crippen LogP contribution in [0.25, 0.3) is 0 Å². The lowest BCUT2D eigenvalue weighted by molar-refractivity contribution is 0.339. The summed E-state index contributed by atoms with van der Waals surface area (Å²) in [5.41, 5.74) is 4.95. The second-order valence-electron chi connectivity index (χ2n) is 4.18. The van der Waals surface area contributed by atoms with Gasteiger partial charge in [0.05, 0.1) is 18.3 Å². The highest BCUT2D eigenvalue weighted by molar-refractivity contribution is 5.34. The number of aryl methyl sites for hydroxylation is 1. The van der Waals surface area contributed by atoms with Crippen molar-refractivity contribution in [2.75, 3.05) is 6.61 Å². The molecular weight excluding hydrogens is 240 g/mol. The van der Waals surface area contributed by atoms with Gasteiger partial charge in [0.25, 0.3) is 0 Å². The van der Waals surface area contributed by atoms with E-state index in [2.05, 4.69) is 17.4 Å². The second kappa shape index (κ2) is 6.36. The van der Waals surface area contributed by atoms with Crippen LogP contribution >= 0.6 is 0 Å². The van der Waals surface area contributed by atoms with E-state index >= 15 is 0 Å². The van der Waals surface area contributed by atoms with E-state index in [1.54, 1.807) is 6.20 Å². The molecule has 0 aliphatic carbocycles. The van der Waals surface area contributed by atoms with Crippen LogP contribution in [-0.4, -0.2) is 16.4 Å². The Morgan fingerprint density at radius 3 is 2.89 bits per heavy atom. The Morgan fingerprint density at radius 1 is 1.37 bits per heavy atom. The van der Waals surface area contributed by atoms with Crippen LogP contribution in [0.1, 0.15) is 31.1 Å². The average molecular weight is 260 g/mol. The molecule has 0 spiro atoms. The van der Waals surface area contributed by atoms with Gasteiger partial charge in [-0.1, -0.05) is 12.1 Å². The Morgan fingerprint density at radius 2 is 2.21 bits per heavy atom. The summed E-state index contributed by atoms with van der Waals surface area (Å²) in [4.78, 5) is 0. The monoisotopic (exact) mass is 260 g/mol. The first kappa shape index (κ1) is 13.6. The molecule has 0 aliphatic rings. The fraction of sp³-hybridized carbons (Fsp3) is 0.357. The van der Waals surface area contributed by atoms with Gasteiger partial charge >= 0.3 is 0 Å². The molecule has 0 fully saturated rings. The summed E-state index contributed by atoms with van der Waals surface area (Å²) in [5.74, 6) is 6.56. The average Bonchev–Trinajstić information content (AvgIpc) is 2.89. The van der Waals surface area contributed by atoms with E-state index in [-0.39, 0.29) is 6.04 Å². The SMILES string of the molecule is CCOc1cccc(C(NN)c2ccnn2CC)c1. The summed E-state index contributed by atoms with van der Waals surface area (Å²) < 4.78 is 7.45. The van der Waals surface area contributed by atoms with Gasteiger partial charge in [-0.2, -0.15) is 5.10 Å². The highest BCUT2D eigenvalue weighted by atomic mass is 16.5. The molecule has 3 N–H and O–H groups in total. The van der Waals surface area contributed by atoms with Gasteiger partial charge < -0.3 is 4.74 Å². The van der Waals surface area contributed by atoms with E-state index in [0.717, 1.165) is 23.6 Å². The van der Waals surface area contributed by atoms with E-state index in [1.165, 1.54) is 0 Å². The van der Waals surface area contributed by atoms with Crippen LogP contribution in [0.3, 0.4) is 0 Å². The number of nitrogens with two attached hydrogens (primary N) is 1. The summed E-state index contributed by atoms with van der Waals surface area (Å²) in [6, 6.07) is 9.82. The highest BCUT2D eigenvalue weighted by Gasteiger charge is 2.16. The molecule has 5 heteroatoms. The quantitative estimate of drug-likeness (QED) is 0.614. The van der Waals surface area contributed by atoms with Crippen molar-refractivity contribution in [1.29, 1.82) is 0 Å². The third-order valence-corrected chi connectivity index (χ3v) is 3.01. The van der Waals surface area contributed by atoms with Crippen molar-refractivity contribution in [2.24, 2.45) is 5.84 Å². The first-order chi connectivity index (χ1) is 9.30. The Hall–Kier alpha value is -1.85. The van der Waals surface area contributed by atoms with Gasteiger partial charge in [0.1, 0.15) is 5.75 Å². The van der Waals surface area contributed by atoms with Crippen molar-refractivity contribution >= 4 is 0 Å². The van der Waals surface area contributed by atoms with Crippen molar-refractivity contribution in [1.82, 2.24) is 15.2 Å². The van der Waals surface area contributed by atoms with Crippen LogP contribution in [0.2, 0.25) is 0 Å². The minimum absolute atomic E-state index is 0.0946. The number of nitrogens with one attached hydrogen (secondary N) is 1. The third kappa shape index (κ3) is 2.94. The molecule has 1 atom stereocenters. The number of nitrogens with zero attached hydrogens (tertiary/aromatic N) is 2. The molecule has 0 bridgehead atoms. The summed E-state index contributed by atoms with van der Waals surface area (Å²) in [7, 11) is 0. The largest absolute Gasteiger partial charge is 0.494 e. The molecule has 0 radical (unpaired) electrons. The van der Waals surface area contributed by atoms with Crippen molar-refractivity contribution in [3.63, 3.8) is 0 Å². The van der Waals surface area contributed by atoms with Crippen LogP contribution in [0.15, 0.2) is 36.5 Å². The molecule has 5 nitrogen and oxygen atoms in total. The minimum Gasteiger partial charge on any atom is -0.494 e. The molecule has 1 aromatic heterocycles. The van der Waals surface area contributed by atoms with Crippen molar-refractivity contribution in [3.05, 3.63) is 47.8 Å². The van der Waals surface area contributed by atoms with Crippen molar-refractivity contribution < 1.29 is 4.74 Å². The summed E-state index contributed by atoms with van der Waals surface area (Å²) in [6.45, 7) is 5.49. The smallest absolute Gasteiger partial charge is 0.119 e. The normalized spacial score (nSPS) is 12.4. The Bertz CT molecular complexity index is 524. The molecule has 2 aromatic rings. The standard InChI is InChI=1S/C14H20N4O/c1-3-18-13(8-9-16-18)14(17-15)11-6-5-7-12(10-11)19-4-2/h5-10,14,17H,3-4,15H2,1-2H3. The minimum atomic E-state index is -0.0946. The number of aromatic nitrogens is 2. The molecular formula is C14H20N4O. The summed E-state index contributed by atoms with van der Waals surface area (Å²) in [6.07, 6.45) is 1.79. The number of hydrogen-bond donors (Lipinski definition) is 2. The first-order valence-corrected chi connectivity index (χ1v) is 6.50. The molecule has 0 saturated heterocycles. The predicted octanol–water partition coefficient (Wildman–Crippen LogP) is 1.85. The van der Waals surface area contributed by atoms with Crippen LogP contribution in [0, 0.1) is 0 Å². The lowest BCUT2D eigenvalue weighted by Crippen LogP contribution is -2.30. The molecule has 102 valence electrons. The number of hydrogen-bond acceptors (Lipinski definition) is 4. The Balaban J connectivity index is 2.34. The molecule has 1 heterocycles.